The molecule has 124 valence electrons. The van der Waals surface area contributed by atoms with Gasteiger partial charge in [0.1, 0.15) is 18.3 Å². The third-order valence-electron chi connectivity index (χ3n) is 3.42. The number of nitrogens with zero attached hydrogens (tertiary/aromatic N) is 1. The molecule has 0 bridgehead atoms. The van der Waals surface area contributed by atoms with E-state index in [0.29, 0.717) is 5.56 Å². The molecule has 0 spiro atoms. The highest BCUT2D eigenvalue weighted by Crippen LogP contribution is 2.30. The zero-order valence-electron chi connectivity index (χ0n) is 12.0. The van der Waals surface area contributed by atoms with Crippen LogP contribution in [0, 0.1) is 6.92 Å². The monoisotopic (exact) mass is 317 g/mol. The van der Waals surface area contributed by atoms with Crippen molar-refractivity contribution in [2.75, 3.05) is 19.8 Å². The Morgan fingerprint density at radius 1 is 1.45 bits per heavy atom. The number of aliphatic hydroxyl groups is 2. The highest BCUT2D eigenvalue weighted by molar-refractivity contribution is 5.03. The summed E-state index contributed by atoms with van der Waals surface area (Å²) in [6.45, 7) is 1.23. The molecule has 4 atom stereocenters. The van der Waals surface area contributed by atoms with E-state index in [1.807, 2.05) is 0 Å². The Morgan fingerprint density at radius 2 is 2.18 bits per heavy atom. The fourth-order valence-electron chi connectivity index (χ4n) is 2.28. The zero-order valence-corrected chi connectivity index (χ0v) is 12.0. The average molecular weight is 317 g/mol. The van der Waals surface area contributed by atoms with Crippen LogP contribution in [0.1, 0.15) is 11.8 Å². The van der Waals surface area contributed by atoms with E-state index in [2.05, 4.69) is 9.82 Å². The number of hydrogen-bond donors (Lipinski definition) is 4. The lowest BCUT2D eigenvalue weighted by atomic mass is 10.1. The average Bonchev–Trinajstić information content (AvgIpc) is 2.80. The molecule has 10 heteroatoms. The van der Waals surface area contributed by atoms with Crippen LogP contribution in [0.3, 0.4) is 0 Å². The number of aryl methyl sites for hydroxylation is 1. The van der Waals surface area contributed by atoms with Gasteiger partial charge in [-0.3, -0.25) is 14.3 Å². The van der Waals surface area contributed by atoms with Gasteiger partial charge in [-0.2, -0.15) is 0 Å². The second kappa shape index (κ2) is 7.13. The van der Waals surface area contributed by atoms with Crippen molar-refractivity contribution in [3.63, 3.8) is 0 Å². The van der Waals surface area contributed by atoms with Crippen LogP contribution in [0.4, 0.5) is 0 Å². The molecule has 1 aromatic rings. The Bertz CT molecular complexity index is 613. The van der Waals surface area contributed by atoms with E-state index in [1.54, 1.807) is 0 Å². The van der Waals surface area contributed by atoms with Crippen molar-refractivity contribution in [2.24, 2.45) is 5.90 Å². The number of nitrogens with two attached hydrogens (primary N) is 1. The van der Waals surface area contributed by atoms with Gasteiger partial charge in [0, 0.05) is 11.8 Å². The predicted molar refractivity (Wildman–Crippen MR) is 72.9 cm³/mol. The summed E-state index contributed by atoms with van der Waals surface area (Å²) in [5, 5.41) is 19.4. The number of rotatable bonds is 6. The van der Waals surface area contributed by atoms with Crippen molar-refractivity contribution >= 4 is 0 Å². The number of H-pyrrole nitrogens is 1. The number of hydrogen-bond acceptors (Lipinski definition) is 8. The largest absolute Gasteiger partial charge is 0.394 e. The van der Waals surface area contributed by atoms with Crippen LogP contribution >= 0.6 is 0 Å². The lowest BCUT2D eigenvalue weighted by molar-refractivity contribution is -0.0847. The standard InChI is InChI=1S/C12H19N3O7/c1-6-4-15(12(19)14-10(6)18)11-9(20-2-3-21-13)8(17)7(5-16)22-11/h4,7-9,11,16-17H,2-3,5,13H2,1H3,(H,14,18,19)/t7-,8-,9-,11-/m1/s1. The van der Waals surface area contributed by atoms with Gasteiger partial charge in [-0.25, -0.2) is 10.7 Å². The third-order valence-corrected chi connectivity index (χ3v) is 3.42. The molecule has 10 nitrogen and oxygen atoms in total. The fraction of sp³-hybridized carbons (Fsp3) is 0.667. The van der Waals surface area contributed by atoms with Crippen molar-refractivity contribution in [3.05, 3.63) is 32.6 Å². The van der Waals surface area contributed by atoms with E-state index in [4.69, 9.17) is 15.4 Å². The summed E-state index contributed by atoms with van der Waals surface area (Å²) in [6, 6.07) is 0. The first kappa shape index (κ1) is 16.8. The molecule has 0 aromatic carbocycles. The fourth-order valence-corrected chi connectivity index (χ4v) is 2.28. The summed E-state index contributed by atoms with van der Waals surface area (Å²) in [5.74, 6) is 4.90. The quantitative estimate of drug-likeness (QED) is 0.329. The Hall–Kier alpha value is -1.56. The first-order valence-electron chi connectivity index (χ1n) is 6.69. The maximum Gasteiger partial charge on any atom is 0.330 e. The number of nitrogens with one attached hydrogen (secondary N) is 1. The summed E-state index contributed by atoms with van der Waals surface area (Å²) < 4.78 is 12.0. The second-order valence-corrected chi connectivity index (χ2v) is 4.92. The Balaban J connectivity index is 2.31. The molecule has 0 saturated carbocycles. The first-order chi connectivity index (χ1) is 10.5. The minimum absolute atomic E-state index is 0.0628. The summed E-state index contributed by atoms with van der Waals surface area (Å²) in [4.78, 5) is 29.9. The molecule has 1 aliphatic rings. The smallest absolute Gasteiger partial charge is 0.330 e. The number of aromatic amines is 1. The van der Waals surface area contributed by atoms with Crippen LogP contribution in [-0.2, 0) is 14.3 Å². The molecule has 0 aliphatic carbocycles. The maximum absolute atomic E-state index is 11.9. The summed E-state index contributed by atoms with van der Waals surface area (Å²) in [5.41, 5.74) is -0.906. The molecule has 2 heterocycles. The van der Waals surface area contributed by atoms with Crippen molar-refractivity contribution in [1.29, 1.82) is 0 Å². The molecular weight excluding hydrogens is 298 g/mol. The van der Waals surface area contributed by atoms with E-state index in [1.165, 1.54) is 13.1 Å². The molecule has 0 radical (unpaired) electrons. The maximum atomic E-state index is 11.9. The molecule has 1 aromatic heterocycles. The number of aliphatic hydroxyl groups excluding tert-OH is 2. The Labute approximate surface area is 125 Å². The molecule has 22 heavy (non-hydrogen) atoms. The van der Waals surface area contributed by atoms with Gasteiger partial charge in [-0.15, -0.1) is 0 Å². The minimum atomic E-state index is -1.15. The Morgan fingerprint density at radius 3 is 2.82 bits per heavy atom. The topological polar surface area (TPSA) is 149 Å². The normalized spacial score (nSPS) is 28.2. The highest BCUT2D eigenvalue weighted by Gasteiger charge is 2.45. The highest BCUT2D eigenvalue weighted by atomic mass is 16.6. The van der Waals surface area contributed by atoms with Crippen LogP contribution in [0.25, 0.3) is 0 Å². The van der Waals surface area contributed by atoms with Gasteiger partial charge in [0.2, 0.25) is 0 Å². The zero-order chi connectivity index (χ0) is 16.3. The van der Waals surface area contributed by atoms with E-state index < -0.39 is 42.4 Å². The van der Waals surface area contributed by atoms with Gasteiger partial charge in [-0.1, -0.05) is 0 Å². The molecule has 1 aliphatic heterocycles. The van der Waals surface area contributed by atoms with E-state index >= 15 is 0 Å². The minimum Gasteiger partial charge on any atom is -0.394 e. The van der Waals surface area contributed by atoms with Crippen molar-refractivity contribution in [2.45, 2.75) is 31.5 Å². The molecule has 5 N–H and O–H groups in total. The van der Waals surface area contributed by atoms with E-state index in [0.717, 1.165) is 4.57 Å². The molecule has 0 amide bonds. The van der Waals surface area contributed by atoms with Crippen LogP contribution < -0.4 is 17.1 Å². The lowest BCUT2D eigenvalue weighted by Gasteiger charge is -2.22. The summed E-state index contributed by atoms with van der Waals surface area (Å²) >= 11 is 0. The summed E-state index contributed by atoms with van der Waals surface area (Å²) in [7, 11) is 0. The third kappa shape index (κ3) is 3.27. The van der Waals surface area contributed by atoms with Gasteiger partial charge in [0.25, 0.3) is 5.56 Å². The van der Waals surface area contributed by atoms with Gasteiger partial charge in [0.05, 0.1) is 19.8 Å². The van der Waals surface area contributed by atoms with Crippen LogP contribution in [0.2, 0.25) is 0 Å². The van der Waals surface area contributed by atoms with Crippen LogP contribution in [-0.4, -0.2) is 57.9 Å². The molecular formula is C12H19N3O7. The SMILES string of the molecule is Cc1cn([C@@H]2O[C@H](CO)[C@@H](O)[C@H]2OCCON)c(=O)[nH]c1=O. The molecule has 1 fully saturated rings. The van der Waals surface area contributed by atoms with Crippen LogP contribution in [0.15, 0.2) is 15.8 Å². The van der Waals surface area contributed by atoms with E-state index in [-0.39, 0.29) is 13.2 Å². The summed E-state index contributed by atoms with van der Waals surface area (Å²) in [6.07, 6.45) is -2.66. The molecule has 0 unspecified atom stereocenters. The molecule has 1 saturated heterocycles. The predicted octanol–water partition coefficient (Wildman–Crippen LogP) is -2.63. The van der Waals surface area contributed by atoms with Gasteiger partial charge >= 0.3 is 5.69 Å². The number of aromatic nitrogens is 2. The lowest BCUT2D eigenvalue weighted by Crippen LogP contribution is -2.40. The van der Waals surface area contributed by atoms with Crippen LogP contribution in [0.5, 0.6) is 0 Å². The van der Waals surface area contributed by atoms with E-state index in [9.17, 15) is 19.8 Å². The molecule has 2 rings (SSSR count). The second-order valence-electron chi connectivity index (χ2n) is 4.92. The van der Waals surface area contributed by atoms with Crippen molar-refractivity contribution in [3.8, 4) is 0 Å². The van der Waals surface area contributed by atoms with Gasteiger partial charge in [-0.05, 0) is 6.92 Å². The first-order valence-corrected chi connectivity index (χ1v) is 6.69. The Kier molecular flexibility index (Phi) is 5.45. The van der Waals surface area contributed by atoms with Crippen molar-refractivity contribution < 1.29 is 24.5 Å². The van der Waals surface area contributed by atoms with Crippen molar-refractivity contribution in [1.82, 2.24) is 9.55 Å². The van der Waals surface area contributed by atoms with Gasteiger partial charge in [0.15, 0.2) is 6.23 Å². The number of ether oxygens (including phenoxy) is 2. The van der Waals surface area contributed by atoms with Gasteiger partial charge < -0.3 is 24.5 Å².